The van der Waals surface area contributed by atoms with Crippen molar-refractivity contribution in [3.8, 4) is 0 Å². The van der Waals surface area contributed by atoms with Gasteiger partial charge in [0.25, 0.3) is 10.0 Å². The van der Waals surface area contributed by atoms with Crippen molar-refractivity contribution in [3.05, 3.63) is 70.8 Å². The summed E-state index contributed by atoms with van der Waals surface area (Å²) >= 11 is 5.91. The summed E-state index contributed by atoms with van der Waals surface area (Å²) in [6.45, 7) is 3.52. The Bertz CT molecular complexity index is 1130. The number of aryl methyl sites for hydroxylation is 2. The van der Waals surface area contributed by atoms with Crippen LogP contribution in [0.25, 0.3) is 0 Å². The molecule has 0 radical (unpaired) electrons. The quantitative estimate of drug-likeness (QED) is 0.486. The van der Waals surface area contributed by atoms with Crippen LogP contribution in [0.15, 0.2) is 58.5 Å². The summed E-state index contributed by atoms with van der Waals surface area (Å²) < 4.78 is 27.5. The SMILES string of the molecule is Cc1cc(C)nc(NS(=O)(=O)c2ccc(N=C(N)c3cc(Cl)ccn3)cc2)n1. The van der Waals surface area contributed by atoms with Crippen molar-refractivity contribution in [2.75, 3.05) is 4.72 Å². The molecule has 0 aliphatic carbocycles. The monoisotopic (exact) mass is 416 g/mol. The van der Waals surface area contributed by atoms with Crippen molar-refractivity contribution in [1.82, 2.24) is 15.0 Å². The third-order valence-corrected chi connectivity index (χ3v) is 5.17. The Hall–Kier alpha value is -3.04. The molecule has 2 aromatic heterocycles. The van der Waals surface area contributed by atoms with E-state index in [4.69, 9.17) is 17.3 Å². The molecule has 3 rings (SSSR count). The minimum Gasteiger partial charge on any atom is -0.382 e. The first-order valence-corrected chi connectivity index (χ1v) is 10.0. The Labute approximate surface area is 167 Å². The number of amidine groups is 1. The number of nitrogens with one attached hydrogen (secondary N) is 1. The van der Waals surface area contributed by atoms with E-state index in [1.54, 1.807) is 32.0 Å². The van der Waals surface area contributed by atoms with Gasteiger partial charge in [-0.3, -0.25) is 4.98 Å². The average molecular weight is 417 g/mol. The fourth-order valence-corrected chi connectivity index (χ4v) is 3.50. The van der Waals surface area contributed by atoms with Crippen LogP contribution >= 0.6 is 11.6 Å². The van der Waals surface area contributed by atoms with Crippen LogP contribution in [0.4, 0.5) is 11.6 Å². The van der Waals surface area contributed by atoms with Crippen LogP contribution in [-0.4, -0.2) is 29.2 Å². The number of aliphatic imine (C=N–C) groups is 1. The summed E-state index contributed by atoms with van der Waals surface area (Å²) in [5.74, 6) is 0.191. The lowest BCUT2D eigenvalue weighted by Gasteiger charge is -2.08. The molecule has 3 N–H and O–H groups in total. The smallest absolute Gasteiger partial charge is 0.264 e. The fourth-order valence-electron chi connectivity index (χ4n) is 2.39. The Balaban J connectivity index is 1.82. The minimum absolute atomic E-state index is 0.0240. The molecule has 0 bridgehead atoms. The van der Waals surface area contributed by atoms with Gasteiger partial charge in [-0.25, -0.2) is 28.1 Å². The van der Waals surface area contributed by atoms with Gasteiger partial charge in [0.15, 0.2) is 0 Å². The first-order chi connectivity index (χ1) is 13.2. The predicted octanol–water partition coefficient (Wildman–Crippen LogP) is 2.98. The number of pyridine rings is 1. The molecule has 0 amide bonds. The summed E-state index contributed by atoms with van der Waals surface area (Å²) in [5, 5.41) is 0.490. The van der Waals surface area contributed by atoms with Gasteiger partial charge in [-0.2, -0.15) is 0 Å². The molecule has 0 unspecified atom stereocenters. The molecular weight excluding hydrogens is 400 g/mol. The van der Waals surface area contributed by atoms with Gasteiger partial charge in [-0.15, -0.1) is 0 Å². The van der Waals surface area contributed by atoms with Crippen molar-refractivity contribution in [3.63, 3.8) is 0 Å². The number of sulfonamides is 1. The van der Waals surface area contributed by atoms with E-state index in [0.717, 1.165) is 0 Å². The Morgan fingerprint density at radius 3 is 2.32 bits per heavy atom. The van der Waals surface area contributed by atoms with E-state index in [2.05, 4.69) is 24.7 Å². The lowest BCUT2D eigenvalue weighted by atomic mass is 10.3. The maximum atomic E-state index is 12.5. The number of halogens is 1. The molecule has 0 saturated carbocycles. The molecule has 0 spiro atoms. The molecular formula is C18H17ClN6O2S. The maximum Gasteiger partial charge on any atom is 0.264 e. The molecule has 0 saturated heterocycles. The van der Waals surface area contributed by atoms with E-state index in [1.165, 1.54) is 30.5 Å². The molecule has 144 valence electrons. The van der Waals surface area contributed by atoms with Crippen molar-refractivity contribution < 1.29 is 8.42 Å². The molecule has 0 atom stereocenters. The third-order valence-electron chi connectivity index (χ3n) is 3.59. The number of nitrogens with zero attached hydrogens (tertiary/aromatic N) is 4. The molecule has 0 aliphatic rings. The molecule has 28 heavy (non-hydrogen) atoms. The summed E-state index contributed by atoms with van der Waals surface area (Å²) in [6, 6.07) is 10.9. The highest BCUT2D eigenvalue weighted by molar-refractivity contribution is 7.92. The van der Waals surface area contributed by atoms with E-state index >= 15 is 0 Å². The molecule has 8 nitrogen and oxygen atoms in total. The first-order valence-electron chi connectivity index (χ1n) is 8.14. The standard InChI is InChI=1S/C18H17ClN6O2S/c1-11-9-12(2)23-18(22-11)25-28(26,27)15-5-3-14(4-6-15)24-17(20)16-10-13(19)7-8-21-16/h3-10H,1-2H3,(H2,20,24)(H,22,23,25). The number of benzene rings is 1. The van der Waals surface area contributed by atoms with Crippen molar-refractivity contribution >= 4 is 39.1 Å². The maximum absolute atomic E-state index is 12.5. The van der Waals surface area contributed by atoms with Crippen molar-refractivity contribution in [1.29, 1.82) is 0 Å². The van der Waals surface area contributed by atoms with Gasteiger partial charge in [-0.1, -0.05) is 11.6 Å². The van der Waals surface area contributed by atoms with E-state index in [9.17, 15) is 8.42 Å². The molecule has 0 aliphatic heterocycles. The first kappa shape index (κ1) is 19.7. The fraction of sp³-hybridized carbons (Fsp3) is 0.111. The van der Waals surface area contributed by atoms with Gasteiger partial charge in [0, 0.05) is 22.6 Å². The lowest BCUT2D eigenvalue weighted by molar-refractivity contribution is 0.601. The normalized spacial score (nSPS) is 12.0. The predicted molar refractivity (Wildman–Crippen MR) is 108 cm³/mol. The van der Waals surface area contributed by atoms with E-state index in [1.807, 2.05) is 0 Å². The van der Waals surface area contributed by atoms with Gasteiger partial charge in [-0.05, 0) is 56.3 Å². The molecule has 0 fully saturated rings. The van der Waals surface area contributed by atoms with E-state index in [0.29, 0.717) is 27.8 Å². The highest BCUT2D eigenvalue weighted by Gasteiger charge is 2.16. The number of aromatic nitrogens is 3. The van der Waals surface area contributed by atoms with Crippen LogP contribution in [0.2, 0.25) is 5.02 Å². The largest absolute Gasteiger partial charge is 0.382 e. The lowest BCUT2D eigenvalue weighted by Crippen LogP contribution is -2.16. The van der Waals surface area contributed by atoms with Crippen LogP contribution in [-0.2, 0) is 10.0 Å². The Kier molecular flexibility index (Phi) is 5.57. The highest BCUT2D eigenvalue weighted by atomic mass is 35.5. The van der Waals surface area contributed by atoms with Gasteiger partial charge >= 0.3 is 0 Å². The van der Waals surface area contributed by atoms with Crippen LogP contribution < -0.4 is 10.5 Å². The number of hydrogen-bond donors (Lipinski definition) is 2. The second-order valence-electron chi connectivity index (χ2n) is 5.93. The van der Waals surface area contributed by atoms with E-state index < -0.39 is 10.0 Å². The highest BCUT2D eigenvalue weighted by Crippen LogP contribution is 2.19. The summed E-state index contributed by atoms with van der Waals surface area (Å²) in [4.78, 5) is 16.5. The Morgan fingerprint density at radius 2 is 1.71 bits per heavy atom. The topological polar surface area (TPSA) is 123 Å². The summed E-state index contributed by atoms with van der Waals surface area (Å²) in [7, 11) is -3.83. The van der Waals surface area contributed by atoms with Gasteiger partial charge in [0.05, 0.1) is 10.6 Å². The van der Waals surface area contributed by atoms with Crippen LogP contribution in [0.5, 0.6) is 0 Å². The van der Waals surface area contributed by atoms with Crippen molar-refractivity contribution in [2.24, 2.45) is 10.7 Å². The minimum atomic E-state index is -3.83. The van der Waals surface area contributed by atoms with Gasteiger partial charge in [0.1, 0.15) is 11.5 Å². The second kappa shape index (κ2) is 7.91. The number of hydrogen-bond acceptors (Lipinski definition) is 6. The Morgan fingerprint density at radius 1 is 1.07 bits per heavy atom. The molecule has 2 heterocycles. The summed E-state index contributed by atoms with van der Waals surface area (Å²) in [6.07, 6.45) is 1.52. The molecule has 1 aromatic carbocycles. The van der Waals surface area contributed by atoms with E-state index in [-0.39, 0.29) is 16.7 Å². The van der Waals surface area contributed by atoms with Gasteiger partial charge < -0.3 is 5.73 Å². The molecule has 3 aromatic rings. The van der Waals surface area contributed by atoms with Crippen molar-refractivity contribution in [2.45, 2.75) is 18.7 Å². The zero-order chi connectivity index (χ0) is 20.3. The average Bonchev–Trinajstić information content (AvgIpc) is 2.61. The summed E-state index contributed by atoms with van der Waals surface area (Å²) in [5.41, 5.74) is 8.17. The molecule has 10 heteroatoms. The van der Waals surface area contributed by atoms with Crippen LogP contribution in [0.3, 0.4) is 0 Å². The number of anilines is 1. The number of rotatable bonds is 5. The number of nitrogens with two attached hydrogens (primary N) is 1. The zero-order valence-electron chi connectivity index (χ0n) is 15.1. The van der Waals surface area contributed by atoms with Crippen LogP contribution in [0.1, 0.15) is 17.1 Å². The third kappa shape index (κ3) is 4.81. The zero-order valence-corrected chi connectivity index (χ0v) is 16.7. The van der Waals surface area contributed by atoms with Crippen LogP contribution in [0, 0.1) is 13.8 Å². The van der Waals surface area contributed by atoms with Gasteiger partial charge in [0.2, 0.25) is 5.95 Å². The second-order valence-corrected chi connectivity index (χ2v) is 8.05.